The lowest BCUT2D eigenvalue weighted by Crippen LogP contribution is -2.10. The van der Waals surface area contributed by atoms with Gasteiger partial charge in [-0.2, -0.15) is 0 Å². The fourth-order valence-corrected chi connectivity index (χ4v) is 1.83. The second kappa shape index (κ2) is 5.89. The van der Waals surface area contributed by atoms with Gasteiger partial charge in [0.15, 0.2) is 11.7 Å². The SMILES string of the molecule is CNCCc1ncc(-c2cc(Cl)ccc2OC)o1. The second-order valence-corrected chi connectivity index (χ2v) is 4.25. The van der Waals surface area contributed by atoms with E-state index in [2.05, 4.69) is 10.3 Å². The molecule has 18 heavy (non-hydrogen) atoms. The van der Waals surface area contributed by atoms with Crippen LogP contribution in [0, 0.1) is 0 Å². The van der Waals surface area contributed by atoms with Gasteiger partial charge in [-0.15, -0.1) is 0 Å². The molecule has 0 aliphatic carbocycles. The molecule has 0 atom stereocenters. The first-order valence-corrected chi connectivity index (χ1v) is 6.05. The van der Waals surface area contributed by atoms with E-state index in [1.165, 1.54) is 0 Å². The number of nitrogens with one attached hydrogen (secondary N) is 1. The van der Waals surface area contributed by atoms with Crippen LogP contribution in [0.3, 0.4) is 0 Å². The van der Waals surface area contributed by atoms with Crippen LogP contribution in [0.4, 0.5) is 0 Å². The van der Waals surface area contributed by atoms with Crippen molar-refractivity contribution in [2.24, 2.45) is 0 Å². The number of methoxy groups -OCH3 is 1. The molecule has 0 radical (unpaired) electrons. The Bertz CT molecular complexity index is 525. The third kappa shape index (κ3) is 2.83. The van der Waals surface area contributed by atoms with Crippen LogP contribution in [0.2, 0.25) is 5.02 Å². The molecular weight excluding hydrogens is 252 g/mol. The van der Waals surface area contributed by atoms with Gasteiger partial charge in [-0.05, 0) is 25.2 Å². The maximum absolute atomic E-state index is 5.99. The van der Waals surface area contributed by atoms with Crippen LogP contribution in [0.15, 0.2) is 28.8 Å². The minimum Gasteiger partial charge on any atom is -0.496 e. The van der Waals surface area contributed by atoms with Crippen molar-refractivity contribution in [1.82, 2.24) is 10.3 Å². The summed E-state index contributed by atoms with van der Waals surface area (Å²) in [4.78, 5) is 4.23. The number of aromatic nitrogens is 1. The van der Waals surface area contributed by atoms with E-state index in [0.29, 0.717) is 16.7 Å². The number of halogens is 1. The van der Waals surface area contributed by atoms with Gasteiger partial charge in [-0.3, -0.25) is 0 Å². The maximum atomic E-state index is 5.99. The van der Waals surface area contributed by atoms with Gasteiger partial charge in [0.1, 0.15) is 5.75 Å². The molecule has 0 fully saturated rings. The van der Waals surface area contributed by atoms with E-state index >= 15 is 0 Å². The van der Waals surface area contributed by atoms with Gasteiger partial charge in [-0.1, -0.05) is 11.6 Å². The van der Waals surface area contributed by atoms with E-state index in [1.54, 1.807) is 19.4 Å². The van der Waals surface area contributed by atoms with Gasteiger partial charge in [0, 0.05) is 18.0 Å². The lowest BCUT2D eigenvalue weighted by molar-refractivity contribution is 0.413. The Morgan fingerprint density at radius 1 is 1.44 bits per heavy atom. The number of likely N-dealkylation sites (N-methyl/N-ethyl adjacent to an activating group) is 1. The van der Waals surface area contributed by atoms with Crippen LogP contribution < -0.4 is 10.1 Å². The highest BCUT2D eigenvalue weighted by atomic mass is 35.5. The lowest BCUT2D eigenvalue weighted by Gasteiger charge is -2.05. The average Bonchev–Trinajstić information content (AvgIpc) is 2.85. The Balaban J connectivity index is 2.30. The van der Waals surface area contributed by atoms with Gasteiger partial charge in [-0.25, -0.2) is 4.98 Å². The molecule has 0 bridgehead atoms. The van der Waals surface area contributed by atoms with E-state index in [1.807, 2.05) is 19.2 Å². The Morgan fingerprint density at radius 2 is 2.28 bits per heavy atom. The van der Waals surface area contributed by atoms with Crippen LogP contribution in [0.1, 0.15) is 5.89 Å². The third-order valence-corrected chi connectivity index (χ3v) is 2.80. The second-order valence-electron chi connectivity index (χ2n) is 3.82. The summed E-state index contributed by atoms with van der Waals surface area (Å²) in [6.07, 6.45) is 2.44. The predicted octanol–water partition coefficient (Wildman–Crippen LogP) is 2.77. The van der Waals surface area contributed by atoms with Crippen molar-refractivity contribution in [2.75, 3.05) is 20.7 Å². The highest BCUT2D eigenvalue weighted by molar-refractivity contribution is 6.30. The average molecular weight is 267 g/mol. The van der Waals surface area contributed by atoms with E-state index in [4.69, 9.17) is 20.8 Å². The number of hydrogen-bond acceptors (Lipinski definition) is 4. The number of ether oxygens (including phenoxy) is 1. The molecule has 0 spiro atoms. The quantitative estimate of drug-likeness (QED) is 0.904. The molecule has 1 N–H and O–H groups in total. The molecule has 0 saturated carbocycles. The molecule has 5 heteroatoms. The zero-order valence-corrected chi connectivity index (χ0v) is 11.1. The predicted molar refractivity (Wildman–Crippen MR) is 71.1 cm³/mol. The van der Waals surface area contributed by atoms with E-state index in [-0.39, 0.29) is 0 Å². The summed E-state index contributed by atoms with van der Waals surface area (Å²) in [5.74, 6) is 2.08. The molecule has 0 aliphatic rings. The van der Waals surface area contributed by atoms with Gasteiger partial charge < -0.3 is 14.5 Å². The number of benzene rings is 1. The number of rotatable bonds is 5. The summed E-state index contributed by atoms with van der Waals surface area (Å²) in [5.41, 5.74) is 0.813. The summed E-state index contributed by atoms with van der Waals surface area (Å²) in [5, 5.41) is 3.69. The molecule has 1 aromatic heterocycles. The van der Waals surface area contributed by atoms with Crippen molar-refractivity contribution < 1.29 is 9.15 Å². The Hall–Kier alpha value is -1.52. The highest BCUT2D eigenvalue weighted by Crippen LogP contribution is 2.32. The van der Waals surface area contributed by atoms with Gasteiger partial charge in [0.05, 0.1) is 18.9 Å². The Morgan fingerprint density at radius 3 is 3.00 bits per heavy atom. The molecular formula is C13H15ClN2O2. The maximum Gasteiger partial charge on any atom is 0.196 e. The monoisotopic (exact) mass is 266 g/mol. The lowest BCUT2D eigenvalue weighted by atomic mass is 10.1. The van der Waals surface area contributed by atoms with E-state index in [0.717, 1.165) is 24.3 Å². The zero-order valence-electron chi connectivity index (χ0n) is 10.4. The first kappa shape index (κ1) is 12.9. The number of nitrogens with zero attached hydrogens (tertiary/aromatic N) is 1. The minimum absolute atomic E-state index is 0.638. The van der Waals surface area contributed by atoms with Crippen LogP contribution in [0.25, 0.3) is 11.3 Å². The summed E-state index contributed by atoms with van der Waals surface area (Å²) >= 11 is 5.99. The van der Waals surface area contributed by atoms with Crippen molar-refractivity contribution in [2.45, 2.75) is 6.42 Å². The molecule has 1 aromatic carbocycles. The molecule has 0 saturated heterocycles. The van der Waals surface area contributed by atoms with Gasteiger partial charge in [0.25, 0.3) is 0 Å². The molecule has 2 rings (SSSR count). The van der Waals surface area contributed by atoms with Crippen molar-refractivity contribution in [3.05, 3.63) is 35.3 Å². The normalized spacial score (nSPS) is 10.6. The first-order valence-electron chi connectivity index (χ1n) is 5.68. The van der Waals surface area contributed by atoms with Crippen molar-refractivity contribution >= 4 is 11.6 Å². The standard InChI is InChI=1S/C13H15ClN2O2/c1-15-6-5-13-16-8-12(18-13)10-7-9(14)3-4-11(10)17-2/h3-4,7-8,15H,5-6H2,1-2H3. The van der Waals surface area contributed by atoms with E-state index < -0.39 is 0 Å². The molecule has 0 amide bonds. The first-order chi connectivity index (χ1) is 8.74. The molecule has 4 nitrogen and oxygen atoms in total. The number of hydrogen-bond donors (Lipinski definition) is 1. The molecule has 0 aliphatic heterocycles. The summed E-state index contributed by atoms with van der Waals surface area (Å²) in [6.45, 7) is 0.826. The minimum atomic E-state index is 0.638. The van der Waals surface area contributed by atoms with Crippen LogP contribution in [-0.2, 0) is 6.42 Å². The molecule has 1 heterocycles. The van der Waals surface area contributed by atoms with E-state index in [9.17, 15) is 0 Å². The largest absolute Gasteiger partial charge is 0.496 e. The van der Waals surface area contributed by atoms with Gasteiger partial charge in [0.2, 0.25) is 0 Å². The Kier molecular flexibility index (Phi) is 4.23. The highest BCUT2D eigenvalue weighted by Gasteiger charge is 2.12. The van der Waals surface area contributed by atoms with Crippen molar-refractivity contribution in [3.63, 3.8) is 0 Å². The summed E-state index contributed by atoms with van der Waals surface area (Å²) in [7, 11) is 3.51. The van der Waals surface area contributed by atoms with Crippen molar-refractivity contribution in [1.29, 1.82) is 0 Å². The van der Waals surface area contributed by atoms with Crippen molar-refractivity contribution in [3.8, 4) is 17.1 Å². The Labute approximate surface area is 111 Å². The van der Waals surface area contributed by atoms with Gasteiger partial charge >= 0.3 is 0 Å². The smallest absolute Gasteiger partial charge is 0.196 e. The third-order valence-electron chi connectivity index (χ3n) is 2.57. The fourth-order valence-electron chi connectivity index (χ4n) is 1.66. The number of oxazole rings is 1. The topological polar surface area (TPSA) is 47.3 Å². The summed E-state index contributed by atoms with van der Waals surface area (Å²) in [6, 6.07) is 5.40. The zero-order chi connectivity index (χ0) is 13.0. The summed E-state index contributed by atoms with van der Waals surface area (Å²) < 4.78 is 11.0. The van der Waals surface area contributed by atoms with Crippen LogP contribution in [0.5, 0.6) is 5.75 Å². The molecule has 0 unspecified atom stereocenters. The van der Waals surface area contributed by atoms with Crippen LogP contribution in [-0.4, -0.2) is 25.7 Å². The molecule has 96 valence electrons. The fraction of sp³-hybridized carbons (Fsp3) is 0.308. The van der Waals surface area contributed by atoms with Crippen LogP contribution >= 0.6 is 11.6 Å². The molecule has 2 aromatic rings.